The van der Waals surface area contributed by atoms with Crippen molar-refractivity contribution in [2.75, 3.05) is 31.6 Å². The molecule has 2 aromatic heterocycles. The number of para-hydroxylation sites is 1. The van der Waals surface area contributed by atoms with Crippen molar-refractivity contribution in [3.05, 3.63) is 53.7 Å². The lowest BCUT2D eigenvalue weighted by Gasteiger charge is -2.19. The number of nitrogens with one attached hydrogen (secondary N) is 1. The summed E-state index contributed by atoms with van der Waals surface area (Å²) < 4.78 is 5.61. The summed E-state index contributed by atoms with van der Waals surface area (Å²) in [6.07, 6.45) is 0. The van der Waals surface area contributed by atoms with Crippen LogP contribution in [0.1, 0.15) is 17.3 Å². The van der Waals surface area contributed by atoms with Crippen LogP contribution in [0.25, 0.3) is 10.9 Å². The minimum atomic E-state index is 0.0243. The Morgan fingerprint density at radius 3 is 2.50 bits per heavy atom. The lowest BCUT2D eigenvalue weighted by atomic mass is 10.2. The number of aliphatic hydroxyl groups excluding tert-OH is 2. The molecular formula is C19H24N4O3. The molecule has 0 unspecified atom stereocenters. The second kappa shape index (κ2) is 8.75. The van der Waals surface area contributed by atoms with Crippen LogP contribution in [0.4, 0.5) is 5.82 Å². The standard InChI is InChI=1S/C19H24N4O3/c1-14-6-7-15(26-14)12-20-19-16-4-2-3-5-17(16)21-18(22-19)13-23(8-10-24)9-11-25/h2-7,24-25H,8-13H2,1H3,(H,20,21,22). The van der Waals surface area contributed by atoms with Crippen LogP contribution >= 0.6 is 0 Å². The van der Waals surface area contributed by atoms with Gasteiger partial charge in [-0.05, 0) is 31.2 Å². The molecule has 1 aromatic carbocycles. The number of aromatic nitrogens is 2. The van der Waals surface area contributed by atoms with Gasteiger partial charge in [0, 0.05) is 18.5 Å². The van der Waals surface area contributed by atoms with Crippen molar-refractivity contribution in [3.8, 4) is 0 Å². The molecule has 26 heavy (non-hydrogen) atoms. The predicted molar refractivity (Wildman–Crippen MR) is 99.8 cm³/mol. The topological polar surface area (TPSA) is 94.7 Å². The van der Waals surface area contributed by atoms with Gasteiger partial charge in [0.15, 0.2) is 0 Å². The van der Waals surface area contributed by atoms with Crippen LogP contribution in [0.3, 0.4) is 0 Å². The van der Waals surface area contributed by atoms with E-state index in [-0.39, 0.29) is 13.2 Å². The molecule has 3 aromatic rings. The summed E-state index contributed by atoms with van der Waals surface area (Å²) in [5.41, 5.74) is 0.851. The summed E-state index contributed by atoms with van der Waals surface area (Å²) in [5, 5.41) is 22.7. The van der Waals surface area contributed by atoms with E-state index < -0.39 is 0 Å². The van der Waals surface area contributed by atoms with Gasteiger partial charge in [0.2, 0.25) is 0 Å². The molecule has 0 amide bonds. The van der Waals surface area contributed by atoms with E-state index in [1.165, 1.54) is 0 Å². The first kappa shape index (κ1) is 18.3. The molecule has 7 heteroatoms. The Hall–Kier alpha value is -2.48. The summed E-state index contributed by atoms with van der Waals surface area (Å²) in [4.78, 5) is 11.2. The fraction of sp³-hybridized carbons (Fsp3) is 0.368. The van der Waals surface area contributed by atoms with Crippen LogP contribution in [0, 0.1) is 6.92 Å². The Kier molecular flexibility index (Phi) is 6.17. The minimum Gasteiger partial charge on any atom is -0.465 e. The molecule has 7 nitrogen and oxygen atoms in total. The first-order valence-corrected chi connectivity index (χ1v) is 8.68. The van der Waals surface area contributed by atoms with Crippen molar-refractivity contribution < 1.29 is 14.6 Å². The van der Waals surface area contributed by atoms with Crippen molar-refractivity contribution in [3.63, 3.8) is 0 Å². The van der Waals surface area contributed by atoms with Crippen LogP contribution < -0.4 is 5.32 Å². The van der Waals surface area contributed by atoms with Gasteiger partial charge in [-0.15, -0.1) is 0 Å². The number of benzene rings is 1. The fourth-order valence-electron chi connectivity index (χ4n) is 2.83. The summed E-state index contributed by atoms with van der Waals surface area (Å²) in [6.45, 7) is 3.88. The highest BCUT2D eigenvalue weighted by Crippen LogP contribution is 2.21. The van der Waals surface area contributed by atoms with Gasteiger partial charge in [0.05, 0.1) is 31.8 Å². The summed E-state index contributed by atoms with van der Waals surface area (Å²) in [5.74, 6) is 3.10. The van der Waals surface area contributed by atoms with Crippen LogP contribution in [0.15, 0.2) is 40.8 Å². The monoisotopic (exact) mass is 356 g/mol. The summed E-state index contributed by atoms with van der Waals surface area (Å²) >= 11 is 0. The van der Waals surface area contributed by atoms with Crippen LogP contribution in [0.5, 0.6) is 0 Å². The Morgan fingerprint density at radius 2 is 1.81 bits per heavy atom. The third-order valence-corrected chi connectivity index (χ3v) is 4.07. The molecule has 0 bridgehead atoms. The second-order valence-corrected chi connectivity index (χ2v) is 6.09. The van der Waals surface area contributed by atoms with E-state index in [1.807, 2.05) is 48.2 Å². The Balaban J connectivity index is 1.85. The zero-order chi connectivity index (χ0) is 18.4. The Bertz CT molecular complexity index is 844. The quantitative estimate of drug-likeness (QED) is 0.539. The molecule has 0 aliphatic heterocycles. The number of rotatable bonds is 9. The molecule has 138 valence electrons. The van der Waals surface area contributed by atoms with E-state index in [4.69, 9.17) is 4.42 Å². The summed E-state index contributed by atoms with van der Waals surface area (Å²) in [6, 6.07) is 11.7. The molecule has 0 atom stereocenters. The van der Waals surface area contributed by atoms with Gasteiger partial charge in [-0.3, -0.25) is 4.90 Å². The lowest BCUT2D eigenvalue weighted by Crippen LogP contribution is -2.30. The number of anilines is 1. The van der Waals surface area contributed by atoms with Crippen molar-refractivity contribution >= 4 is 16.7 Å². The highest BCUT2D eigenvalue weighted by atomic mass is 16.3. The Labute approximate surface area is 152 Å². The normalized spacial score (nSPS) is 11.4. The van der Waals surface area contributed by atoms with Gasteiger partial charge >= 0.3 is 0 Å². The van der Waals surface area contributed by atoms with Gasteiger partial charge in [0.1, 0.15) is 23.2 Å². The summed E-state index contributed by atoms with van der Waals surface area (Å²) in [7, 11) is 0. The highest BCUT2D eigenvalue weighted by molar-refractivity contribution is 5.88. The van der Waals surface area contributed by atoms with Crippen LogP contribution in [0.2, 0.25) is 0 Å². The molecule has 0 aliphatic carbocycles. The van der Waals surface area contributed by atoms with E-state index in [2.05, 4.69) is 15.3 Å². The fourth-order valence-corrected chi connectivity index (χ4v) is 2.83. The maximum Gasteiger partial charge on any atom is 0.145 e. The molecule has 0 aliphatic rings. The molecule has 2 heterocycles. The average molecular weight is 356 g/mol. The van der Waals surface area contributed by atoms with Crippen molar-refractivity contribution in [1.82, 2.24) is 14.9 Å². The van der Waals surface area contributed by atoms with E-state index in [0.717, 1.165) is 28.2 Å². The number of nitrogens with zero attached hydrogens (tertiary/aromatic N) is 3. The lowest BCUT2D eigenvalue weighted by molar-refractivity contribution is 0.153. The number of aliphatic hydroxyl groups is 2. The van der Waals surface area contributed by atoms with E-state index in [0.29, 0.717) is 32.0 Å². The molecule has 0 saturated heterocycles. The molecule has 3 rings (SSSR count). The van der Waals surface area contributed by atoms with Gasteiger partial charge in [-0.2, -0.15) is 0 Å². The first-order chi connectivity index (χ1) is 12.7. The van der Waals surface area contributed by atoms with E-state index in [9.17, 15) is 10.2 Å². The molecule has 0 saturated carbocycles. The number of aryl methyl sites for hydroxylation is 1. The highest BCUT2D eigenvalue weighted by Gasteiger charge is 2.12. The van der Waals surface area contributed by atoms with E-state index >= 15 is 0 Å². The Morgan fingerprint density at radius 1 is 1.04 bits per heavy atom. The van der Waals surface area contributed by atoms with Crippen molar-refractivity contribution in [1.29, 1.82) is 0 Å². The van der Waals surface area contributed by atoms with Crippen molar-refractivity contribution in [2.45, 2.75) is 20.0 Å². The van der Waals surface area contributed by atoms with Gasteiger partial charge in [-0.25, -0.2) is 9.97 Å². The van der Waals surface area contributed by atoms with E-state index in [1.54, 1.807) is 0 Å². The number of hydrogen-bond donors (Lipinski definition) is 3. The number of furan rings is 1. The first-order valence-electron chi connectivity index (χ1n) is 8.68. The molecule has 0 spiro atoms. The molecule has 0 fully saturated rings. The van der Waals surface area contributed by atoms with Gasteiger partial charge in [-0.1, -0.05) is 12.1 Å². The maximum absolute atomic E-state index is 9.19. The van der Waals surface area contributed by atoms with Crippen LogP contribution in [-0.4, -0.2) is 51.4 Å². The maximum atomic E-state index is 9.19. The molecular weight excluding hydrogens is 332 g/mol. The van der Waals surface area contributed by atoms with Gasteiger partial charge < -0.3 is 19.9 Å². The third-order valence-electron chi connectivity index (χ3n) is 4.07. The smallest absolute Gasteiger partial charge is 0.145 e. The predicted octanol–water partition coefficient (Wildman–Crippen LogP) is 1.93. The molecule has 0 radical (unpaired) electrons. The number of hydrogen-bond acceptors (Lipinski definition) is 7. The zero-order valence-corrected chi connectivity index (χ0v) is 14.9. The second-order valence-electron chi connectivity index (χ2n) is 6.09. The average Bonchev–Trinajstić information content (AvgIpc) is 3.05. The van der Waals surface area contributed by atoms with Crippen LogP contribution in [-0.2, 0) is 13.1 Å². The number of fused-ring (bicyclic) bond motifs is 1. The zero-order valence-electron chi connectivity index (χ0n) is 14.9. The van der Waals surface area contributed by atoms with Gasteiger partial charge in [0.25, 0.3) is 0 Å². The van der Waals surface area contributed by atoms with Crippen molar-refractivity contribution in [2.24, 2.45) is 0 Å². The largest absolute Gasteiger partial charge is 0.465 e. The SMILES string of the molecule is Cc1ccc(CNc2nc(CN(CCO)CCO)nc3ccccc23)o1. The molecule has 3 N–H and O–H groups in total. The minimum absolute atomic E-state index is 0.0243. The third kappa shape index (κ3) is 4.57.